The van der Waals surface area contributed by atoms with Crippen LogP contribution in [0.5, 0.6) is 0 Å². The number of hydrogen-bond acceptors (Lipinski definition) is 3. The molecule has 2 rings (SSSR count). The molecule has 0 saturated heterocycles. The minimum Gasteiger partial charge on any atom is -0.352 e. The van der Waals surface area contributed by atoms with Crippen molar-refractivity contribution in [1.29, 1.82) is 0 Å². The van der Waals surface area contributed by atoms with E-state index in [9.17, 15) is 13.2 Å². The molecule has 116 valence electrons. The van der Waals surface area contributed by atoms with Gasteiger partial charge in [0.2, 0.25) is 5.91 Å². The molecule has 1 aromatic rings. The molecule has 0 radical (unpaired) electrons. The number of hydrogen-bond donors (Lipinski definition) is 1. The molecule has 1 saturated carbocycles. The molecule has 0 heterocycles. The van der Waals surface area contributed by atoms with Gasteiger partial charge in [0.25, 0.3) is 0 Å². The second kappa shape index (κ2) is 5.79. The summed E-state index contributed by atoms with van der Waals surface area (Å²) < 4.78 is 24.6. The van der Waals surface area contributed by atoms with Crippen LogP contribution in [0, 0.1) is 12.3 Å². The predicted molar refractivity (Wildman–Crippen MR) is 82.8 cm³/mol. The maximum absolute atomic E-state index is 12.3. The zero-order chi connectivity index (χ0) is 15.7. The lowest BCUT2D eigenvalue weighted by molar-refractivity contribution is -0.135. The average Bonchev–Trinajstić information content (AvgIpc) is 2.35. The highest BCUT2D eigenvalue weighted by molar-refractivity contribution is 7.91. The summed E-state index contributed by atoms with van der Waals surface area (Å²) in [7, 11) is -3.37. The number of amides is 1. The summed E-state index contributed by atoms with van der Waals surface area (Å²) in [6.45, 7) is 5.59. The molecule has 0 bridgehead atoms. The van der Waals surface area contributed by atoms with Crippen LogP contribution >= 0.6 is 0 Å². The number of sulfone groups is 1. The first-order valence-electron chi connectivity index (χ1n) is 7.33. The van der Waals surface area contributed by atoms with Crippen LogP contribution in [0.3, 0.4) is 0 Å². The van der Waals surface area contributed by atoms with Crippen LogP contribution in [-0.2, 0) is 14.6 Å². The molecule has 1 aliphatic rings. The summed E-state index contributed by atoms with van der Waals surface area (Å²) in [6.07, 6.45) is 2.84. The van der Waals surface area contributed by atoms with Gasteiger partial charge < -0.3 is 5.32 Å². The molecule has 1 N–H and O–H groups in total. The first kappa shape index (κ1) is 16.0. The van der Waals surface area contributed by atoms with Gasteiger partial charge >= 0.3 is 0 Å². The SMILES string of the molecule is Cc1ccc(S(=O)(=O)C[C@@H](C)NC(=O)C2(C)CCC2)cc1. The Morgan fingerprint density at radius 1 is 1.29 bits per heavy atom. The fourth-order valence-electron chi connectivity index (χ4n) is 2.54. The van der Waals surface area contributed by atoms with Crippen molar-refractivity contribution in [2.24, 2.45) is 5.41 Å². The predicted octanol–water partition coefficient (Wildman–Crippen LogP) is 2.46. The van der Waals surface area contributed by atoms with E-state index in [2.05, 4.69) is 5.32 Å². The van der Waals surface area contributed by atoms with E-state index in [0.29, 0.717) is 4.90 Å². The second-order valence-corrected chi connectivity index (χ2v) is 8.42. The lowest BCUT2D eigenvalue weighted by Gasteiger charge is -2.37. The van der Waals surface area contributed by atoms with E-state index < -0.39 is 9.84 Å². The fraction of sp³-hybridized carbons (Fsp3) is 0.562. The molecule has 4 nitrogen and oxygen atoms in total. The molecule has 1 fully saturated rings. The molecule has 0 aliphatic heterocycles. The molecule has 1 aromatic carbocycles. The van der Waals surface area contributed by atoms with Crippen molar-refractivity contribution in [2.75, 3.05) is 5.75 Å². The molecule has 1 amide bonds. The minimum absolute atomic E-state index is 0.0274. The van der Waals surface area contributed by atoms with Gasteiger partial charge in [0, 0.05) is 11.5 Å². The van der Waals surface area contributed by atoms with Crippen LogP contribution in [0.15, 0.2) is 29.2 Å². The summed E-state index contributed by atoms with van der Waals surface area (Å²) >= 11 is 0. The topological polar surface area (TPSA) is 63.2 Å². The van der Waals surface area contributed by atoms with Gasteiger partial charge in [-0.05, 0) is 38.8 Å². The van der Waals surface area contributed by atoms with E-state index in [1.54, 1.807) is 31.2 Å². The minimum atomic E-state index is -3.37. The Balaban J connectivity index is 1.99. The van der Waals surface area contributed by atoms with Crippen LogP contribution in [0.4, 0.5) is 0 Å². The Morgan fingerprint density at radius 3 is 2.33 bits per heavy atom. The number of carbonyl (C=O) groups excluding carboxylic acids is 1. The van der Waals surface area contributed by atoms with Crippen LogP contribution in [-0.4, -0.2) is 26.1 Å². The first-order chi connectivity index (χ1) is 9.73. The summed E-state index contributed by atoms with van der Waals surface area (Å²) in [5, 5.41) is 2.84. The highest BCUT2D eigenvalue weighted by Gasteiger charge is 2.39. The molecular weight excluding hydrogens is 286 g/mol. The number of rotatable bonds is 5. The van der Waals surface area contributed by atoms with Crippen LogP contribution in [0.2, 0.25) is 0 Å². The molecule has 0 spiro atoms. The third kappa shape index (κ3) is 3.64. The van der Waals surface area contributed by atoms with Crippen molar-refractivity contribution in [3.8, 4) is 0 Å². The van der Waals surface area contributed by atoms with Crippen molar-refractivity contribution >= 4 is 15.7 Å². The average molecular weight is 309 g/mol. The lowest BCUT2D eigenvalue weighted by Crippen LogP contribution is -2.48. The van der Waals surface area contributed by atoms with E-state index in [0.717, 1.165) is 24.8 Å². The lowest BCUT2D eigenvalue weighted by atomic mass is 9.70. The zero-order valence-corrected chi connectivity index (χ0v) is 13.7. The summed E-state index contributed by atoms with van der Waals surface area (Å²) in [5.41, 5.74) is 0.718. The number of nitrogens with one attached hydrogen (secondary N) is 1. The Hall–Kier alpha value is -1.36. The molecule has 21 heavy (non-hydrogen) atoms. The maximum atomic E-state index is 12.3. The molecule has 1 atom stereocenters. The van der Waals surface area contributed by atoms with Crippen LogP contribution < -0.4 is 5.32 Å². The van der Waals surface area contributed by atoms with Crippen LogP contribution in [0.25, 0.3) is 0 Å². The van der Waals surface area contributed by atoms with Gasteiger partial charge in [0.1, 0.15) is 0 Å². The van der Waals surface area contributed by atoms with E-state index in [-0.39, 0.29) is 23.1 Å². The van der Waals surface area contributed by atoms with Crippen molar-refractivity contribution in [1.82, 2.24) is 5.32 Å². The quantitative estimate of drug-likeness (QED) is 0.909. The van der Waals surface area contributed by atoms with E-state index in [1.165, 1.54) is 0 Å². The van der Waals surface area contributed by atoms with Gasteiger partial charge in [-0.1, -0.05) is 31.0 Å². The number of benzene rings is 1. The van der Waals surface area contributed by atoms with E-state index in [1.807, 2.05) is 13.8 Å². The highest BCUT2D eigenvalue weighted by Crippen LogP contribution is 2.40. The van der Waals surface area contributed by atoms with Gasteiger partial charge in [-0.15, -0.1) is 0 Å². The van der Waals surface area contributed by atoms with E-state index in [4.69, 9.17) is 0 Å². The summed E-state index contributed by atoms with van der Waals surface area (Å²) in [6, 6.07) is 6.41. The van der Waals surface area contributed by atoms with Gasteiger partial charge in [0.05, 0.1) is 10.6 Å². The molecular formula is C16H23NO3S. The monoisotopic (exact) mass is 309 g/mol. The smallest absolute Gasteiger partial charge is 0.226 e. The van der Waals surface area contributed by atoms with Gasteiger partial charge in [-0.3, -0.25) is 4.79 Å². The Kier molecular flexibility index (Phi) is 4.42. The third-order valence-corrected chi connectivity index (χ3v) is 6.16. The molecule has 0 unspecified atom stereocenters. The normalized spacial score (nSPS) is 18.6. The molecule has 0 aromatic heterocycles. The first-order valence-corrected chi connectivity index (χ1v) is 8.99. The molecule has 1 aliphatic carbocycles. The van der Waals surface area contributed by atoms with E-state index >= 15 is 0 Å². The van der Waals surface area contributed by atoms with Gasteiger partial charge in [-0.2, -0.15) is 0 Å². The molecule has 5 heteroatoms. The van der Waals surface area contributed by atoms with Crippen LogP contribution in [0.1, 0.15) is 38.7 Å². The highest BCUT2D eigenvalue weighted by atomic mass is 32.2. The van der Waals surface area contributed by atoms with Crippen molar-refractivity contribution < 1.29 is 13.2 Å². The van der Waals surface area contributed by atoms with Crippen molar-refractivity contribution in [3.63, 3.8) is 0 Å². The fourth-order valence-corrected chi connectivity index (χ4v) is 4.03. The summed E-state index contributed by atoms with van der Waals surface area (Å²) in [5.74, 6) is -0.0990. The van der Waals surface area contributed by atoms with Gasteiger partial charge in [-0.25, -0.2) is 8.42 Å². The maximum Gasteiger partial charge on any atom is 0.226 e. The number of carbonyl (C=O) groups is 1. The summed E-state index contributed by atoms with van der Waals surface area (Å²) in [4.78, 5) is 12.4. The third-order valence-electron chi connectivity index (χ3n) is 4.23. The second-order valence-electron chi connectivity index (χ2n) is 6.38. The number of aryl methyl sites for hydroxylation is 1. The van der Waals surface area contributed by atoms with Crippen molar-refractivity contribution in [2.45, 2.75) is 51.0 Å². The Bertz CT molecular complexity index is 615. The van der Waals surface area contributed by atoms with Crippen molar-refractivity contribution in [3.05, 3.63) is 29.8 Å². The standard InChI is InChI=1S/C16H23NO3S/c1-12-5-7-14(8-6-12)21(19,20)11-13(2)17-15(18)16(3)9-4-10-16/h5-8,13H,4,9-11H2,1-3H3,(H,17,18)/t13-/m1/s1. The largest absolute Gasteiger partial charge is 0.352 e. The Morgan fingerprint density at radius 2 is 1.86 bits per heavy atom. The van der Waals surface area contributed by atoms with Gasteiger partial charge in [0.15, 0.2) is 9.84 Å². The Labute approximate surface area is 126 Å². The zero-order valence-electron chi connectivity index (χ0n) is 12.8.